The first kappa shape index (κ1) is 12.0. The van der Waals surface area contributed by atoms with Crippen molar-refractivity contribution in [3.63, 3.8) is 0 Å². The molecule has 0 bridgehead atoms. The molecule has 0 spiro atoms. The number of rotatable bonds is 3. The summed E-state index contributed by atoms with van der Waals surface area (Å²) in [5.74, 6) is -0.184. The fraction of sp³-hybridized carbons (Fsp3) is 0.154. The number of aryl methyl sites for hydroxylation is 1. The van der Waals surface area contributed by atoms with Crippen LogP contribution in [0.2, 0.25) is 0 Å². The molecule has 0 aromatic carbocycles. The van der Waals surface area contributed by atoms with E-state index in [0.717, 1.165) is 5.56 Å². The van der Waals surface area contributed by atoms with E-state index >= 15 is 0 Å². The van der Waals surface area contributed by atoms with Gasteiger partial charge in [0.25, 0.3) is 5.91 Å². The van der Waals surface area contributed by atoms with Crippen molar-refractivity contribution in [2.45, 2.75) is 13.5 Å². The van der Waals surface area contributed by atoms with Crippen LogP contribution in [-0.4, -0.2) is 15.9 Å². The molecule has 0 radical (unpaired) electrons. The number of amides is 1. The first-order valence-corrected chi connectivity index (χ1v) is 5.56. The van der Waals surface area contributed by atoms with E-state index in [0.29, 0.717) is 23.5 Å². The van der Waals surface area contributed by atoms with Crippen molar-refractivity contribution in [2.75, 3.05) is 5.73 Å². The molecule has 2 aromatic heterocycles. The number of carbonyl (C=O) groups is 1. The molecule has 5 nitrogen and oxygen atoms in total. The van der Waals surface area contributed by atoms with Crippen molar-refractivity contribution < 1.29 is 4.79 Å². The quantitative estimate of drug-likeness (QED) is 0.850. The summed E-state index contributed by atoms with van der Waals surface area (Å²) in [6, 6.07) is 5.35. The van der Waals surface area contributed by atoms with Gasteiger partial charge in [-0.2, -0.15) is 0 Å². The van der Waals surface area contributed by atoms with Gasteiger partial charge in [0.2, 0.25) is 0 Å². The third-order valence-electron chi connectivity index (χ3n) is 2.53. The topological polar surface area (TPSA) is 80.9 Å². The number of nitrogen functional groups attached to an aromatic ring is 1. The molecule has 2 rings (SSSR count). The van der Waals surface area contributed by atoms with Crippen molar-refractivity contribution in [3.8, 4) is 0 Å². The van der Waals surface area contributed by atoms with Gasteiger partial charge in [-0.05, 0) is 24.6 Å². The predicted octanol–water partition coefficient (Wildman–Crippen LogP) is 1.30. The van der Waals surface area contributed by atoms with Gasteiger partial charge < -0.3 is 11.1 Å². The molecule has 0 aliphatic carbocycles. The van der Waals surface area contributed by atoms with Gasteiger partial charge in [-0.25, -0.2) is 0 Å². The third kappa shape index (κ3) is 2.82. The number of nitrogens with two attached hydrogens (primary N) is 1. The average molecular weight is 242 g/mol. The largest absolute Gasteiger partial charge is 0.397 e. The van der Waals surface area contributed by atoms with Gasteiger partial charge in [0.15, 0.2) is 0 Å². The highest BCUT2D eigenvalue weighted by molar-refractivity contribution is 5.95. The summed E-state index contributed by atoms with van der Waals surface area (Å²) in [6.45, 7) is 2.21. The van der Waals surface area contributed by atoms with E-state index in [9.17, 15) is 4.79 Å². The minimum Gasteiger partial charge on any atom is -0.397 e. The number of hydrogen-bond acceptors (Lipinski definition) is 4. The van der Waals surface area contributed by atoms with Gasteiger partial charge in [0.05, 0.1) is 23.1 Å². The molecule has 2 aromatic rings. The van der Waals surface area contributed by atoms with Crippen molar-refractivity contribution in [1.29, 1.82) is 0 Å². The van der Waals surface area contributed by atoms with Gasteiger partial charge in [0, 0.05) is 18.9 Å². The Kier molecular flexibility index (Phi) is 3.52. The number of aromatic nitrogens is 2. The summed E-state index contributed by atoms with van der Waals surface area (Å²) in [4.78, 5) is 20.0. The van der Waals surface area contributed by atoms with Crippen LogP contribution in [0.1, 0.15) is 21.6 Å². The van der Waals surface area contributed by atoms with Crippen molar-refractivity contribution in [1.82, 2.24) is 15.3 Å². The Morgan fingerprint density at radius 1 is 1.44 bits per heavy atom. The summed E-state index contributed by atoms with van der Waals surface area (Å²) < 4.78 is 0. The second kappa shape index (κ2) is 5.27. The van der Waals surface area contributed by atoms with Gasteiger partial charge in [0.1, 0.15) is 0 Å². The highest BCUT2D eigenvalue weighted by atomic mass is 16.1. The molecule has 18 heavy (non-hydrogen) atoms. The molecule has 0 fully saturated rings. The molecule has 1 amide bonds. The molecule has 0 aliphatic heterocycles. The van der Waals surface area contributed by atoms with Crippen LogP contribution in [0.15, 0.2) is 36.8 Å². The van der Waals surface area contributed by atoms with E-state index in [1.54, 1.807) is 25.4 Å². The van der Waals surface area contributed by atoms with E-state index in [1.165, 1.54) is 6.20 Å². The summed E-state index contributed by atoms with van der Waals surface area (Å²) in [5, 5.41) is 2.81. The Morgan fingerprint density at radius 3 is 3.00 bits per heavy atom. The SMILES string of the molecule is Cc1ncc(N)cc1C(=O)NCc1cccnc1. The highest BCUT2D eigenvalue weighted by Gasteiger charge is 2.09. The molecule has 3 N–H and O–H groups in total. The van der Waals surface area contributed by atoms with Crippen LogP contribution >= 0.6 is 0 Å². The Bertz CT molecular complexity index is 554. The lowest BCUT2D eigenvalue weighted by Crippen LogP contribution is -2.24. The second-order valence-corrected chi connectivity index (χ2v) is 3.95. The molecule has 0 saturated heterocycles. The second-order valence-electron chi connectivity index (χ2n) is 3.95. The zero-order chi connectivity index (χ0) is 13.0. The van der Waals surface area contributed by atoms with Gasteiger partial charge in [-0.3, -0.25) is 14.8 Å². The number of nitrogens with one attached hydrogen (secondary N) is 1. The number of anilines is 1. The fourth-order valence-electron chi connectivity index (χ4n) is 1.56. The van der Waals surface area contributed by atoms with Crippen LogP contribution in [0, 0.1) is 6.92 Å². The van der Waals surface area contributed by atoms with E-state index in [2.05, 4.69) is 15.3 Å². The van der Waals surface area contributed by atoms with E-state index in [4.69, 9.17) is 5.73 Å². The first-order valence-electron chi connectivity index (χ1n) is 5.56. The summed E-state index contributed by atoms with van der Waals surface area (Å²) in [7, 11) is 0. The van der Waals surface area contributed by atoms with Gasteiger partial charge in [-0.1, -0.05) is 6.07 Å². The molecule has 0 aliphatic rings. The van der Waals surface area contributed by atoms with Gasteiger partial charge >= 0.3 is 0 Å². The standard InChI is InChI=1S/C13H14N4O/c1-9-12(5-11(14)8-16-9)13(18)17-7-10-3-2-4-15-6-10/h2-6,8H,7,14H2,1H3,(H,17,18). The fourth-order valence-corrected chi connectivity index (χ4v) is 1.56. The smallest absolute Gasteiger partial charge is 0.253 e. The van der Waals surface area contributed by atoms with Crippen LogP contribution in [0.5, 0.6) is 0 Å². The third-order valence-corrected chi connectivity index (χ3v) is 2.53. The summed E-state index contributed by atoms with van der Waals surface area (Å²) >= 11 is 0. The van der Waals surface area contributed by atoms with Crippen LogP contribution in [0.4, 0.5) is 5.69 Å². The Balaban J connectivity index is 2.06. The number of pyridine rings is 2. The Morgan fingerprint density at radius 2 is 2.28 bits per heavy atom. The van der Waals surface area contributed by atoms with Crippen molar-refractivity contribution in [3.05, 3.63) is 53.6 Å². The monoisotopic (exact) mass is 242 g/mol. The molecule has 2 heterocycles. The first-order chi connectivity index (χ1) is 8.66. The number of hydrogen-bond donors (Lipinski definition) is 2. The van der Waals surface area contributed by atoms with Crippen LogP contribution in [-0.2, 0) is 6.54 Å². The van der Waals surface area contributed by atoms with Crippen LogP contribution < -0.4 is 11.1 Å². The number of nitrogens with zero attached hydrogens (tertiary/aromatic N) is 2. The van der Waals surface area contributed by atoms with Gasteiger partial charge in [-0.15, -0.1) is 0 Å². The maximum absolute atomic E-state index is 12.0. The van der Waals surface area contributed by atoms with E-state index in [1.807, 2.05) is 12.1 Å². The minimum absolute atomic E-state index is 0.184. The number of carbonyl (C=O) groups excluding carboxylic acids is 1. The van der Waals surface area contributed by atoms with Crippen molar-refractivity contribution >= 4 is 11.6 Å². The van der Waals surface area contributed by atoms with E-state index in [-0.39, 0.29) is 5.91 Å². The zero-order valence-electron chi connectivity index (χ0n) is 10.1. The molecular weight excluding hydrogens is 228 g/mol. The molecular formula is C13H14N4O. The van der Waals surface area contributed by atoms with Crippen molar-refractivity contribution in [2.24, 2.45) is 0 Å². The molecule has 5 heteroatoms. The lowest BCUT2D eigenvalue weighted by molar-refractivity contribution is 0.0950. The minimum atomic E-state index is -0.184. The van der Waals surface area contributed by atoms with Crippen LogP contribution in [0.3, 0.4) is 0 Å². The predicted molar refractivity (Wildman–Crippen MR) is 68.8 cm³/mol. The lowest BCUT2D eigenvalue weighted by Gasteiger charge is -2.07. The molecule has 0 unspecified atom stereocenters. The molecule has 0 saturated carbocycles. The van der Waals surface area contributed by atoms with E-state index < -0.39 is 0 Å². The Hall–Kier alpha value is -2.43. The lowest BCUT2D eigenvalue weighted by atomic mass is 10.1. The normalized spacial score (nSPS) is 10.1. The molecule has 92 valence electrons. The summed E-state index contributed by atoms with van der Waals surface area (Å²) in [6.07, 6.45) is 4.94. The summed E-state index contributed by atoms with van der Waals surface area (Å²) in [5.41, 5.74) is 8.20. The maximum Gasteiger partial charge on any atom is 0.253 e. The Labute approximate surface area is 105 Å². The molecule has 0 atom stereocenters. The maximum atomic E-state index is 12.0. The van der Waals surface area contributed by atoms with Crippen LogP contribution in [0.25, 0.3) is 0 Å². The zero-order valence-corrected chi connectivity index (χ0v) is 10.1. The average Bonchev–Trinajstić information content (AvgIpc) is 2.40. The highest BCUT2D eigenvalue weighted by Crippen LogP contribution is 2.09.